The van der Waals surface area contributed by atoms with Gasteiger partial charge in [0.25, 0.3) is 0 Å². The average molecular weight is 130 g/mol. The van der Waals surface area contributed by atoms with E-state index in [1.54, 1.807) is 0 Å². The first-order valence-electron chi connectivity index (χ1n) is 3.56. The molecule has 2 heteroatoms. The summed E-state index contributed by atoms with van der Waals surface area (Å²) in [4.78, 5) is 0. The van der Waals surface area contributed by atoms with Crippen LogP contribution in [-0.4, -0.2) is 22.4 Å². The Balaban J connectivity index is 2.35. The van der Waals surface area contributed by atoms with Crippen molar-refractivity contribution in [2.24, 2.45) is 5.92 Å². The summed E-state index contributed by atoms with van der Waals surface area (Å²) in [7, 11) is 0. The summed E-state index contributed by atoms with van der Waals surface area (Å²) < 4.78 is 0. The quantitative estimate of drug-likeness (QED) is 0.502. The standard InChI is InChI=1S/C7H14O2/c1-5-2-3-6(8)7(9)4-5/h5-9H,2-4H2,1H3/t5-,6-,7+/m0/s1. The van der Waals surface area contributed by atoms with Crippen molar-refractivity contribution < 1.29 is 10.2 Å². The van der Waals surface area contributed by atoms with Gasteiger partial charge in [0.05, 0.1) is 12.2 Å². The minimum atomic E-state index is -0.464. The molecule has 0 aromatic carbocycles. The molecule has 0 saturated heterocycles. The van der Waals surface area contributed by atoms with E-state index >= 15 is 0 Å². The van der Waals surface area contributed by atoms with Gasteiger partial charge in [-0.2, -0.15) is 0 Å². The first-order chi connectivity index (χ1) is 4.20. The Morgan fingerprint density at radius 2 is 1.78 bits per heavy atom. The van der Waals surface area contributed by atoms with Crippen LogP contribution >= 0.6 is 0 Å². The van der Waals surface area contributed by atoms with Gasteiger partial charge < -0.3 is 10.2 Å². The average Bonchev–Trinajstić information content (AvgIpc) is 1.80. The highest BCUT2D eigenvalue weighted by atomic mass is 16.3. The van der Waals surface area contributed by atoms with Gasteiger partial charge in [0.1, 0.15) is 0 Å². The zero-order chi connectivity index (χ0) is 6.85. The summed E-state index contributed by atoms with van der Waals surface area (Å²) >= 11 is 0. The maximum absolute atomic E-state index is 9.10. The summed E-state index contributed by atoms with van der Waals surface area (Å²) in [6.45, 7) is 2.11. The van der Waals surface area contributed by atoms with Crippen LogP contribution in [0.1, 0.15) is 26.2 Å². The predicted octanol–water partition coefficient (Wildman–Crippen LogP) is 0.528. The molecule has 0 radical (unpaired) electrons. The SMILES string of the molecule is C[C@H]1CC[C@H](O)[C@H](O)C1. The molecule has 2 nitrogen and oxygen atoms in total. The first kappa shape index (κ1) is 7.03. The van der Waals surface area contributed by atoms with Crippen molar-refractivity contribution in [3.8, 4) is 0 Å². The summed E-state index contributed by atoms with van der Waals surface area (Å²) in [5.41, 5.74) is 0. The van der Waals surface area contributed by atoms with E-state index in [9.17, 15) is 0 Å². The summed E-state index contributed by atoms with van der Waals surface area (Å²) in [5, 5.41) is 18.1. The van der Waals surface area contributed by atoms with E-state index in [4.69, 9.17) is 10.2 Å². The third-order valence-electron chi connectivity index (χ3n) is 2.04. The van der Waals surface area contributed by atoms with Crippen LogP contribution in [0.3, 0.4) is 0 Å². The van der Waals surface area contributed by atoms with Crippen LogP contribution in [0.4, 0.5) is 0 Å². The fourth-order valence-corrected chi connectivity index (χ4v) is 1.33. The summed E-state index contributed by atoms with van der Waals surface area (Å²) in [6.07, 6.45) is 1.66. The third kappa shape index (κ3) is 1.66. The molecule has 2 N–H and O–H groups in total. The second kappa shape index (κ2) is 2.67. The molecule has 0 aromatic heterocycles. The molecular formula is C7H14O2. The Morgan fingerprint density at radius 1 is 1.11 bits per heavy atom. The van der Waals surface area contributed by atoms with Gasteiger partial charge in [0.2, 0.25) is 0 Å². The van der Waals surface area contributed by atoms with E-state index < -0.39 is 12.2 Å². The zero-order valence-corrected chi connectivity index (χ0v) is 5.75. The number of hydrogen-bond donors (Lipinski definition) is 2. The Hall–Kier alpha value is -0.0800. The lowest BCUT2D eigenvalue weighted by Gasteiger charge is -2.27. The minimum absolute atomic E-state index is 0.457. The minimum Gasteiger partial charge on any atom is -0.390 e. The summed E-state index contributed by atoms with van der Waals surface area (Å²) in [6, 6.07) is 0. The molecular weight excluding hydrogens is 116 g/mol. The Morgan fingerprint density at radius 3 is 2.22 bits per heavy atom. The van der Waals surface area contributed by atoms with Crippen LogP contribution in [0.25, 0.3) is 0 Å². The Kier molecular flexibility index (Phi) is 2.09. The van der Waals surface area contributed by atoms with E-state index in [1.807, 2.05) is 0 Å². The fraction of sp³-hybridized carbons (Fsp3) is 1.00. The number of hydrogen-bond acceptors (Lipinski definition) is 2. The molecule has 1 rings (SSSR count). The molecule has 0 heterocycles. The van der Waals surface area contributed by atoms with Gasteiger partial charge in [-0.25, -0.2) is 0 Å². The van der Waals surface area contributed by atoms with Gasteiger partial charge in [-0.15, -0.1) is 0 Å². The van der Waals surface area contributed by atoms with Crippen molar-refractivity contribution in [1.29, 1.82) is 0 Å². The van der Waals surface area contributed by atoms with Gasteiger partial charge in [-0.1, -0.05) is 6.92 Å². The van der Waals surface area contributed by atoms with Gasteiger partial charge in [0, 0.05) is 0 Å². The van der Waals surface area contributed by atoms with E-state index in [2.05, 4.69) is 6.92 Å². The molecule has 0 unspecified atom stereocenters. The Labute approximate surface area is 55.5 Å². The smallest absolute Gasteiger partial charge is 0.0801 e. The summed E-state index contributed by atoms with van der Waals surface area (Å²) in [5.74, 6) is 0.586. The second-order valence-corrected chi connectivity index (χ2v) is 3.05. The highest BCUT2D eigenvalue weighted by molar-refractivity contribution is 4.76. The van der Waals surface area contributed by atoms with Crippen LogP contribution in [0.2, 0.25) is 0 Å². The fourth-order valence-electron chi connectivity index (χ4n) is 1.33. The first-order valence-corrected chi connectivity index (χ1v) is 3.56. The van der Waals surface area contributed by atoms with Gasteiger partial charge in [0.15, 0.2) is 0 Å². The van der Waals surface area contributed by atoms with Crippen molar-refractivity contribution in [2.45, 2.75) is 38.4 Å². The normalized spacial score (nSPS) is 45.0. The monoisotopic (exact) mass is 130 g/mol. The van der Waals surface area contributed by atoms with Crippen molar-refractivity contribution >= 4 is 0 Å². The molecule has 9 heavy (non-hydrogen) atoms. The molecule has 0 amide bonds. The lowest BCUT2D eigenvalue weighted by atomic mass is 9.87. The largest absolute Gasteiger partial charge is 0.390 e. The second-order valence-electron chi connectivity index (χ2n) is 3.05. The van der Waals surface area contributed by atoms with Gasteiger partial charge in [-0.3, -0.25) is 0 Å². The third-order valence-corrected chi connectivity index (χ3v) is 2.04. The van der Waals surface area contributed by atoms with Gasteiger partial charge >= 0.3 is 0 Å². The predicted molar refractivity (Wildman–Crippen MR) is 35.0 cm³/mol. The zero-order valence-electron chi connectivity index (χ0n) is 5.75. The van der Waals surface area contributed by atoms with E-state index in [1.165, 1.54) is 0 Å². The maximum Gasteiger partial charge on any atom is 0.0801 e. The van der Waals surface area contributed by atoms with Crippen molar-refractivity contribution in [2.75, 3.05) is 0 Å². The highest BCUT2D eigenvalue weighted by Crippen LogP contribution is 2.23. The molecule has 3 atom stereocenters. The van der Waals surface area contributed by atoms with E-state index in [-0.39, 0.29) is 0 Å². The number of rotatable bonds is 0. The van der Waals surface area contributed by atoms with E-state index in [0.717, 1.165) is 19.3 Å². The van der Waals surface area contributed by atoms with Crippen LogP contribution in [0, 0.1) is 5.92 Å². The highest BCUT2D eigenvalue weighted by Gasteiger charge is 2.24. The van der Waals surface area contributed by atoms with Crippen molar-refractivity contribution in [3.63, 3.8) is 0 Å². The number of aliphatic hydroxyl groups is 2. The van der Waals surface area contributed by atoms with Crippen molar-refractivity contribution in [3.05, 3.63) is 0 Å². The van der Waals surface area contributed by atoms with Crippen LogP contribution in [-0.2, 0) is 0 Å². The van der Waals surface area contributed by atoms with Crippen LogP contribution in [0.5, 0.6) is 0 Å². The molecule has 1 aliphatic carbocycles. The van der Waals surface area contributed by atoms with Gasteiger partial charge in [-0.05, 0) is 25.2 Å². The molecule has 1 fully saturated rings. The van der Waals surface area contributed by atoms with Crippen LogP contribution < -0.4 is 0 Å². The molecule has 0 bridgehead atoms. The molecule has 0 aromatic rings. The molecule has 0 aliphatic heterocycles. The maximum atomic E-state index is 9.10. The molecule has 0 spiro atoms. The number of aliphatic hydroxyl groups excluding tert-OH is 2. The molecule has 54 valence electrons. The lowest BCUT2D eigenvalue weighted by molar-refractivity contribution is -0.0226. The molecule has 1 saturated carbocycles. The van der Waals surface area contributed by atoms with E-state index in [0.29, 0.717) is 5.92 Å². The van der Waals surface area contributed by atoms with Crippen LogP contribution in [0.15, 0.2) is 0 Å². The Bertz CT molecular complexity index is 92.9. The topological polar surface area (TPSA) is 40.5 Å². The van der Waals surface area contributed by atoms with Crippen molar-refractivity contribution in [1.82, 2.24) is 0 Å². The molecule has 1 aliphatic rings. The lowest BCUT2D eigenvalue weighted by Crippen LogP contribution is -2.32.